The second-order valence-electron chi connectivity index (χ2n) is 1.34. The maximum atomic E-state index is 11.3. The van der Waals surface area contributed by atoms with Gasteiger partial charge in [0.15, 0.2) is 0 Å². The van der Waals surface area contributed by atoms with Crippen LogP contribution in [0.25, 0.3) is 0 Å². The fourth-order valence-electron chi connectivity index (χ4n) is 0.188. The third-order valence-electron chi connectivity index (χ3n) is 0.558. The minimum Gasteiger partial charge on any atom is -0.280 e. The summed E-state index contributed by atoms with van der Waals surface area (Å²) in [6.45, 7) is 0. The van der Waals surface area contributed by atoms with E-state index in [4.69, 9.17) is 0 Å². The van der Waals surface area contributed by atoms with E-state index in [-0.39, 0.29) is 0 Å². The molecule has 64 valence electrons. The van der Waals surface area contributed by atoms with Crippen LogP contribution < -0.4 is 0 Å². The summed E-state index contributed by atoms with van der Waals surface area (Å²) < 4.78 is 45.1. The number of alkyl halides is 4. The largest absolute Gasteiger partial charge is 0.306 e. The number of halogens is 4. The Bertz CT molecular complexity index is 151. The summed E-state index contributed by atoms with van der Waals surface area (Å²) in [5.74, 6) is 0. The van der Waals surface area contributed by atoms with Crippen LogP contribution in [-0.2, 0) is 9.59 Å². The number of thioether (sulfide) groups is 1. The van der Waals surface area contributed by atoms with Crippen molar-refractivity contribution in [3.05, 3.63) is 0 Å². The Balaban J connectivity index is 3.86. The zero-order chi connectivity index (χ0) is 9.02. The molecule has 0 rings (SSSR count). The number of rotatable bonds is 2. The molecule has 0 saturated carbocycles. The topological polar surface area (TPSA) is 34.1 Å². The maximum Gasteiger partial charge on any atom is 0.306 e. The van der Waals surface area contributed by atoms with Crippen LogP contribution in [0, 0.1) is 0 Å². The van der Waals surface area contributed by atoms with Gasteiger partial charge in [0.2, 0.25) is 0 Å². The van der Waals surface area contributed by atoms with Gasteiger partial charge >= 0.3 is 12.9 Å². The minimum absolute atomic E-state index is 0.662. The summed E-state index contributed by atoms with van der Waals surface area (Å²) in [5.41, 5.74) is 0. The molecular formula is C4H2F4O2S. The molecule has 0 radical (unpaired) electrons. The van der Waals surface area contributed by atoms with Gasteiger partial charge in [-0.15, -0.1) is 0 Å². The van der Waals surface area contributed by atoms with Crippen molar-refractivity contribution >= 4 is 22.0 Å². The molecule has 11 heavy (non-hydrogen) atoms. The molecule has 0 aliphatic heterocycles. The van der Waals surface area contributed by atoms with Crippen molar-refractivity contribution in [2.75, 3.05) is 0 Å². The highest BCUT2D eigenvalue weighted by molar-refractivity contribution is 8.26. The monoisotopic (exact) mass is 190 g/mol. The molecule has 0 aliphatic carbocycles. The predicted octanol–water partition coefficient (Wildman–Crippen LogP) is 1.30. The fourth-order valence-corrected chi connectivity index (χ4v) is 0.565. The van der Waals surface area contributed by atoms with E-state index >= 15 is 0 Å². The summed E-state index contributed by atoms with van der Waals surface area (Å²) in [7, 11) is 0. The van der Waals surface area contributed by atoms with E-state index in [1.165, 1.54) is 0 Å². The second-order valence-corrected chi connectivity index (χ2v) is 2.35. The Hall–Kier alpha value is -0.590. The van der Waals surface area contributed by atoms with Gasteiger partial charge in [-0.25, -0.2) is 17.6 Å². The third-order valence-corrected chi connectivity index (χ3v) is 1.32. The van der Waals surface area contributed by atoms with E-state index < -0.39 is 34.8 Å². The van der Waals surface area contributed by atoms with E-state index in [0.29, 0.717) is 0 Å². The molecule has 7 heteroatoms. The summed E-state index contributed by atoms with van der Waals surface area (Å²) in [5, 5.41) is -3.70. The lowest BCUT2D eigenvalue weighted by Gasteiger charge is -1.95. The average Bonchev–Trinajstić information content (AvgIpc) is 1.87. The Morgan fingerprint density at radius 2 is 1.18 bits per heavy atom. The van der Waals surface area contributed by atoms with Crippen molar-refractivity contribution in [1.29, 1.82) is 0 Å². The van der Waals surface area contributed by atoms with Gasteiger partial charge in [-0.1, -0.05) is 0 Å². The number of hydrogen-bond donors (Lipinski definition) is 0. The summed E-state index contributed by atoms with van der Waals surface area (Å²) in [6.07, 6.45) is -6.77. The summed E-state index contributed by atoms with van der Waals surface area (Å²) >= 11 is -0.662. The van der Waals surface area contributed by atoms with Gasteiger partial charge in [0, 0.05) is 0 Å². The molecule has 0 unspecified atom stereocenters. The summed E-state index contributed by atoms with van der Waals surface area (Å²) in [6, 6.07) is 0. The Kier molecular flexibility index (Phi) is 4.09. The molecular weight excluding hydrogens is 188 g/mol. The van der Waals surface area contributed by atoms with Gasteiger partial charge in [0.1, 0.15) is 0 Å². The molecule has 0 aromatic heterocycles. The molecule has 2 nitrogen and oxygen atoms in total. The summed E-state index contributed by atoms with van der Waals surface area (Å²) in [4.78, 5) is 19.8. The first-order chi connectivity index (χ1) is 4.95. The average molecular weight is 190 g/mol. The van der Waals surface area contributed by atoms with Crippen molar-refractivity contribution in [1.82, 2.24) is 0 Å². The fraction of sp³-hybridized carbons (Fsp3) is 0.500. The molecule has 0 bridgehead atoms. The molecule has 0 amide bonds. The van der Waals surface area contributed by atoms with E-state index in [1.807, 2.05) is 0 Å². The van der Waals surface area contributed by atoms with Crippen molar-refractivity contribution in [2.24, 2.45) is 0 Å². The van der Waals surface area contributed by atoms with Crippen LogP contribution in [-0.4, -0.2) is 23.1 Å². The zero-order valence-electron chi connectivity index (χ0n) is 4.89. The molecule has 0 spiro atoms. The van der Waals surface area contributed by atoms with Crippen LogP contribution in [0.15, 0.2) is 0 Å². The van der Waals surface area contributed by atoms with Crippen LogP contribution in [0.5, 0.6) is 0 Å². The molecule has 0 heterocycles. The third kappa shape index (κ3) is 3.97. The Labute approximate surface area is 62.9 Å². The predicted molar refractivity (Wildman–Crippen MR) is 29.6 cm³/mol. The van der Waals surface area contributed by atoms with Gasteiger partial charge < -0.3 is 0 Å². The first-order valence-corrected chi connectivity index (χ1v) is 3.08. The molecule has 0 atom stereocenters. The van der Waals surface area contributed by atoms with Crippen LogP contribution >= 0.6 is 11.8 Å². The highest BCUT2D eigenvalue weighted by Crippen LogP contribution is 2.14. The highest BCUT2D eigenvalue weighted by atomic mass is 32.2. The lowest BCUT2D eigenvalue weighted by atomic mass is 10.8. The lowest BCUT2D eigenvalue weighted by molar-refractivity contribution is -0.123. The SMILES string of the molecule is O=C(SC(=O)C(F)F)C(F)F. The van der Waals surface area contributed by atoms with E-state index in [2.05, 4.69) is 0 Å². The quantitative estimate of drug-likeness (QED) is 0.615. The number of carbonyl (C=O) groups is 2. The number of carbonyl (C=O) groups excluding carboxylic acids is 2. The van der Waals surface area contributed by atoms with Gasteiger partial charge in [-0.05, 0) is 11.8 Å². The van der Waals surface area contributed by atoms with Crippen molar-refractivity contribution in [2.45, 2.75) is 12.9 Å². The first-order valence-electron chi connectivity index (χ1n) is 2.27. The van der Waals surface area contributed by atoms with Gasteiger partial charge in [-0.3, -0.25) is 9.59 Å². The number of hydrogen-bond acceptors (Lipinski definition) is 3. The van der Waals surface area contributed by atoms with Gasteiger partial charge in [0.25, 0.3) is 10.2 Å². The van der Waals surface area contributed by atoms with E-state index in [0.717, 1.165) is 0 Å². The highest BCUT2D eigenvalue weighted by Gasteiger charge is 2.25. The van der Waals surface area contributed by atoms with Crippen molar-refractivity contribution < 1.29 is 27.2 Å². The molecule has 0 aliphatic rings. The standard InChI is InChI=1S/C4H2F4O2S/c5-1(6)3(9)11-4(10)2(7)8/h1-2H. The molecule has 0 aromatic rings. The van der Waals surface area contributed by atoms with Crippen molar-refractivity contribution in [3.63, 3.8) is 0 Å². The Morgan fingerprint density at radius 1 is 0.909 bits per heavy atom. The van der Waals surface area contributed by atoms with Crippen LogP contribution in [0.2, 0.25) is 0 Å². The molecule has 0 saturated heterocycles. The molecule has 0 aromatic carbocycles. The molecule has 0 N–H and O–H groups in total. The first kappa shape index (κ1) is 10.4. The normalized spacial score (nSPS) is 10.7. The smallest absolute Gasteiger partial charge is 0.280 e. The minimum atomic E-state index is -3.39. The van der Waals surface area contributed by atoms with E-state index in [1.54, 1.807) is 0 Å². The Morgan fingerprint density at radius 3 is 1.36 bits per heavy atom. The van der Waals surface area contributed by atoms with Gasteiger partial charge in [-0.2, -0.15) is 0 Å². The van der Waals surface area contributed by atoms with Crippen LogP contribution in [0.4, 0.5) is 17.6 Å². The lowest BCUT2D eigenvalue weighted by Crippen LogP contribution is -2.13. The van der Waals surface area contributed by atoms with Crippen molar-refractivity contribution in [3.8, 4) is 0 Å². The van der Waals surface area contributed by atoms with Gasteiger partial charge in [0.05, 0.1) is 0 Å². The van der Waals surface area contributed by atoms with Crippen LogP contribution in [0.3, 0.4) is 0 Å². The van der Waals surface area contributed by atoms with E-state index in [9.17, 15) is 27.2 Å². The maximum absolute atomic E-state index is 11.3. The molecule has 0 fully saturated rings. The second kappa shape index (κ2) is 4.32. The zero-order valence-corrected chi connectivity index (χ0v) is 5.71. The van der Waals surface area contributed by atoms with Crippen LogP contribution in [0.1, 0.15) is 0 Å².